The molecular formula is C25H27FN4O2. The summed E-state index contributed by atoms with van der Waals surface area (Å²) in [6.07, 6.45) is 10.6. The van der Waals surface area contributed by atoms with Crippen LogP contribution in [0.25, 0.3) is 0 Å². The van der Waals surface area contributed by atoms with E-state index < -0.39 is 11.9 Å². The first-order valence-corrected chi connectivity index (χ1v) is 10.9. The van der Waals surface area contributed by atoms with Crippen molar-refractivity contribution in [2.75, 3.05) is 7.05 Å². The smallest absolute Gasteiger partial charge is 0.253 e. The van der Waals surface area contributed by atoms with Gasteiger partial charge >= 0.3 is 0 Å². The Balaban J connectivity index is 1.31. The van der Waals surface area contributed by atoms with Gasteiger partial charge in [0.05, 0.1) is 30.7 Å². The maximum atomic E-state index is 13.4. The van der Waals surface area contributed by atoms with Gasteiger partial charge in [0.2, 0.25) is 0 Å². The largest absolute Gasteiger partial charge is 0.388 e. The second-order valence-electron chi connectivity index (χ2n) is 8.58. The lowest BCUT2D eigenvalue weighted by molar-refractivity contribution is 0.0783. The van der Waals surface area contributed by atoms with Gasteiger partial charge in [-0.1, -0.05) is 12.1 Å². The zero-order chi connectivity index (χ0) is 22.5. The third-order valence-corrected chi connectivity index (χ3v) is 6.18. The second-order valence-corrected chi connectivity index (χ2v) is 8.58. The van der Waals surface area contributed by atoms with Crippen LogP contribution < -0.4 is 0 Å². The first-order valence-electron chi connectivity index (χ1n) is 10.9. The highest BCUT2D eigenvalue weighted by Gasteiger charge is 2.31. The summed E-state index contributed by atoms with van der Waals surface area (Å²) in [7, 11) is 1.75. The average molecular weight is 435 g/mol. The second kappa shape index (κ2) is 9.96. The Kier molecular flexibility index (Phi) is 6.85. The van der Waals surface area contributed by atoms with Gasteiger partial charge in [-0.2, -0.15) is 0 Å². The summed E-state index contributed by atoms with van der Waals surface area (Å²) in [6.45, 7) is 0.404. The predicted octanol–water partition coefficient (Wildman–Crippen LogP) is 3.98. The molecule has 4 rings (SSSR count). The molecule has 32 heavy (non-hydrogen) atoms. The summed E-state index contributed by atoms with van der Waals surface area (Å²) >= 11 is 0. The van der Waals surface area contributed by atoms with Gasteiger partial charge < -0.3 is 10.0 Å². The summed E-state index contributed by atoms with van der Waals surface area (Å²) in [5.74, 6) is 0.0827. The SMILES string of the molecule is CN(Cc1cnccn1)C(=O)c1ccc(C[C@@H]2CC[C@H]([C@H](O)c3cncc(F)c3)C2)cc1. The molecule has 2 aromatic heterocycles. The molecule has 1 amide bonds. The van der Waals surface area contributed by atoms with Crippen molar-refractivity contribution < 1.29 is 14.3 Å². The highest BCUT2D eigenvalue weighted by molar-refractivity contribution is 5.94. The van der Waals surface area contributed by atoms with E-state index in [0.29, 0.717) is 23.6 Å². The number of halogens is 1. The minimum absolute atomic E-state index is 0.0602. The fourth-order valence-electron chi connectivity index (χ4n) is 4.51. The lowest BCUT2D eigenvalue weighted by Crippen LogP contribution is -2.26. The molecule has 1 N–H and O–H groups in total. The van der Waals surface area contributed by atoms with Crippen molar-refractivity contribution in [3.05, 3.63) is 89.5 Å². The van der Waals surface area contributed by atoms with E-state index in [2.05, 4.69) is 15.0 Å². The van der Waals surface area contributed by atoms with Crippen LogP contribution in [-0.2, 0) is 13.0 Å². The van der Waals surface area contributed by atoms with Crippen molar-refractivity contribution in [1.82, 2.24) is 19.9 Å². The molecule has 1 aromatic carbocycles. The molecule has 0 aliphatic heterocycles. The fourth-order valence-corrected chi connectivity index (χ4v) is 4.51. The molecule has 6 nitrogen and oxygen atoms in total. The molecular weight excluding hydrogens is 407 g/mol. The molecule has 7 heteroatoms. The van der Waals surface area contributed by atoms with E-state index in [0.717, 1.165) is 37.6 Å². The van der Waals surface area contributed by atoms with Crippen molar-refractivity contribution in [3.8, 4) is 0 Å². The van der Waals surface area contributed by atoms with Crippen molar-refractivity contribution in [2.45, 2.75) is 38.3 Å². The molecule has 1 saturated carbocycles. The molecule has 0 radical (unpaired) electrons. The maximum absolute atomic E-state index is 13.4. The van der Waals surface area contributed by atoms with E-state index in [1.54, 1.807) is 30.5 Å². The molecule has 1 fully saturated rings. The summed E-state index contributed by atoms with van der Waals surface area (Å²) in [4.78, 5) is 26.4. The first kappa shape index (κ1) is 22.0. The van der Waals surface area contributed by atoms with Crippen LogP contribution in [-0.4, -0.2) is 37.9 Å². The number of amides is 1. The highest BCUT2D eigenvalue weighted by atomic mass is 19.1. The van der Waals surface area contributed by atoms with E-state index >= 15 is 0 Å². The topological polar surface area (TPSA) is 79.2 Å². The Labute approximate surface area is 187 Å². The fraction of sp³-hybridized carbons (Fsp3) is 0.360. The third kappa shape index (κ3) is 5.34. The van der Waals surface area contributed by atoms with Gasteiger partial charge in [-0.25, -0.2) is 4.39 Å². The van der Waals surface area contributed by atoms with Crippen LogP contribution >= 0.6 is 0 Å². The minimum atomic E-state index is -0.687. The lowest BCUT2D eigenvalue weighted by atomic mass is 9.92. The molecule has 1 aliphatic rings. The van der Waals surface area contributed by atoms with Crippen LogP contribution in [0.4, 0.5) is 4.39 Å². The molecule has 1 aliphatic carbocycles. The number of hydrogen-bond donors (Lipinski definition) is 1. The number of hydrogen-bond acceptors (Lipinski definition) is 5. The van der Waals surface area contributed by atoms with Crippen molar-refractivity contribution >= 4 is 5.91 Å². The van der Waals surface area contributed by atoms with Gasteiger partial charge in [-0.3, -0.25) is 19.7 Å². The zero-order valence-corrected chi connectivity index (χ0v) is 18.1. The Morgan fingerprint density at radius 2 is 1.97 bits per heavy atom. The van der Waals surface area contributed by atoms with Crippen LogP contribution in [0.15, 0.2) is 61.3 Å². The molecule has 0 spiro atoms. The lowest BCUT2D eigenvalue weighted by Gasteiger charge is -2.19. The van der Waals surface area contributed by atoms with Gasteiger partial charge in [0.1, 0.15) is 5.82 Å². The molecule has 3 aromatic rings. The van der Waals surface area contributed by atoms with Crippen molar-refractivity contribution in [2.24, 2.45) is 11.8 Å². The summed E-state index contributed by atoms with van der Waals surface area (Å²) in [5.41, 5.74) is 3.10. The van der Waals surface area contributed by atoms with E-state index in [1.165, 1.54) is 17.8 Å². The number of rotatable bonds is 7. The van der Waals surface area contributed by atoms with Gasteiger partial charge in [0.15, 0.2) is 0 Å². The van der Waals surface area contributed by atoms with Crippen LogP contribution in [0.3, 0.4) is 0 Å². The Bertz CT molecular complexity index is 1050. The summed E-state index contributed by atoms with van der Waals surface area (Å²) in [6, 6.07) is 9.10. The third-order valence-electron chi connectivity index (χ3n) is 6.18. The van der Waals surface area contributed by atoms with Gasteiger partial charge in [-0.05, 0) is 61.3 Å². The number of pyridine rings is 1. The van der Waals surface area contributed by atoms with E-state index in [1.807, 2.05) is 24.3 Å². The minimum Gasteiger partial charge on any atom is -0.388 e. The molecule has 0 bridgehead atoms. The average Bonchev–Trinajstić information content (AvgIpc) is 3.27. The van der Waals surface area contributed by atoms with Gasteiger partial charge in [-0.15, -0.1) is 0 Å². The quantitative estimate of drug-likeness (QED) is 0.609. The van der Waals surface area contributed by atoms with Crippen LogP contribution in [0.5, 0.6) is 0 Å². The van der Waals surface area contributed by atoms with Crippen molar-refractivity contribution in [1.29, 1.82) is 0 Å². The monoisotopic (exact) mass is 434 g/mol. The van der Waals surface area contributed by atoms with E-state index in [-0.39, 0.29) is 11.8 Å². The van der Waals surface area contributed by atoms with Gasteiger partial charge in [0, 0.05) is 36.8 Å². The van der Waals surface area contributed by atoms with E-state index in [9.17, 15) is 14.3 Å². The maximum Gasteiger partial charge on any atom is 0.253 e. The van der Waals surface area contributed by atoms with Crippen LogP contribution in [0, 0.1) is 17.7 Å². The summed E-state index contributed by atoms with van der Waals surface area (Å²) in [5, 5.41) is 10.6. The van der Waals surface area contributed by atoms with Gasteiger partial charge in [0.25, 0.3) is 5.91 Å². The van der Waals surface area contributed by atoms with Crippen molar-refractivity contribution in [3.63, 3.8) is 0 Å². The Morgan fingerprint density at radius 3 is 2.69 bits per heavy atom. The first-order chi connectivity index (χ1) is 15.5. The number of aromatic nitrogens is 3. The number of carbonyl (C=O) groups is 1. The number of aliphatic hydroxyl groups is 1. The van der Waals surface area contributed by atoms with E-state index in [4.69, 9.17) is 0 Å². The molecule has 3 atom stereocenters. The predicted molar refractivity (Wildman–Crippen MR) is 118 cm³/mol. The molecule has 0 unspecified atom stereocenters. The van der Waals surface area contributed by atoms with Crippen LogP contribution in [0.1, 0.15) is 52.5 Å². The molecule has 2 heterocycles. The Morgan fingerprint density at radius 1 is 1.16 bits per heavy atom. The number of carbonyl (C=O) groups excluding carboxylic acids is 1. The molecule has 166 valence electrons. The number of benzene rings is 1. The zero-order valence-electron chi connectivity index (χ0n) is 18.1. The highest BCUT2D eigenvalue weighted by Crippen LogP contribution is 2.40. The normalized spacial score (nSPS) is 19.0. The molecule has 0 saturated heterocycles. The number of nitrogens with zero attached hydrogens (tertiary/aromatic N) is 4. The standard InChI is InChI=1S/C25H27FN4O2/c1-30(16-23-15-27-8-9-29-23)25(32)19-5-2-17(3-6-19)10-18-4-7-20(11-18)24(31)21-12-22(26)14-28-13-21/h2-3,5-6,8-9,12-15,18,20,24,31H,4,7,10-11,16H2,1H3/t18-,20-,24-/m0/s1. The summed E-state index contributed by atoms with van der Waals surface area (Å²) < 4.78 is 13.4. The Hall–Kier alpha value is -3.19. The van der Waals surface area contributed by atoms with Crippen LogP contribution in [0.2, 0.25) is 0 Å². The number of aliphatic hydroxyl groups excluding tert-OH is 1.